The summed E-state index contributed by atoms with van der Waals surface area (Å²) in [7, 11) is 0. The summed E-state index contributed by atoms with van der Waals surface area (Å²) >= 11 is 1.53. The van der Waals surface area contributed by atoms with Gasteiger partial charge in [-0.15, -0.1) is 0 Å². The lowest BCUT2D eigenvalue weighted by Gasteiger charge is -1.93. The largest absolute Gasteiger partial charge is 0.364 e. The van der Waals surface area contributed by atoms with Gasteiger partial charge in [-0.25, -0.2) is 0 Å². The van der Waals surface area contributed by atoms with Gasteiger partial charge in [0.1, 0.15) is 11.3 Å². The van der Waals surface area contributed by atoms with Crippen molar-refractivity contribution in [1.82, 2.24) is 5.16 Å². The van der Waals surface area contributed by atoms with E-state index in [9.17, 15) is 0 Å². The highest BCUT2D eigenvalue weighted by atomic mass is 32.2. The molecule has 1 heterocycles. The predicted molar refractivity (Wildman–Crippen MR) is 45.9 cm³/mol. The van der Waals surface area contributed by atoms with Gasteiger partial charge in [-0.1, -0.05) is 35.1 Å². The van der Waals surface area contributed by atoms with Gasteiger partial charge in [0, 0.05) is 11.0 Å². The normalized spacial score (nSPS) is 10.0. The van der Waals surface area contributed by atoms with E-state index in [-0.39, 0.29) is 0 Å². The van der Waals surface area contributed by atoms with Crippen LogP contribution in [0.4, 0.5) is 0 Å². The molecule has 0 unspecified atom stereocenters. The summed E-state index contributed by atoms with van der Waals surface area (Å²) in [4.78, 5) is 1.05. The number of nitrogens with zero attached hydrogens (tertiary/aromatic N) is 1. The molecule has 0 aliphatic carbocycles. The SMILES string of the molecule is [c]1ccccc1Sc1ccon1. The molecule has 3 heteroatoms. The molecule has 0 aliphatic rings. The van der Waals surface area contributed by atoms with Crippen LogP contribution in [0.5, 0.6) is 0 Å². The van der Waals surface area contributed by atoms with Gasteiger partial charge in [-0.3, -0.25) is 0 Å². The molecule has 0 atom stereocenters. The molecule has 0 spiro atoms. The smallest absolute Gasteiger partial charge is 0.144 e. The minimum Gasteiger partial charge on any atom is -0.364 e. The van der Waals surface area contributed by atoms with E-state index in [4.69, 9.17) is 4.52 Å². The third kappa shape index (κ3) is 1.68. The fourth-order valence-corrected chi connectivity index (χ4v) is 1.51. The monoisotopic (exact) mass is 176 g/mol. The van der Waals surface area contributed by atoms with Crippen LogP contribution in [0.15, 0.2) is 51.0 Å². The molecular formula is C9H6NOS. The molecule has 1 radical (unpaired) electrons. The van der Waals surface area contributed by atoms with Crippen molar-refractivity contribution in [3.63, 3.8) is 0 Å². The summed E-state index contributed by atoms with van der Waals surface area (Å²) in [5.74, 6) is 0. The Kier molecular flexibility index (Phi) is 2.14. The molecule has 59 valence electrons. The Hall–Kier alpha value is -1.22. The fourth-order valence-electron chi connectivity index (χ4n) is 0.807. The van der Waals surface area contributed by atoms with E-state index in [0.717, 1.165) is 9.92 Å². The Bertz CT molecular complexity index is 331. The van der Waals surface area contributed by atoms with Crippen molar-refractivity contribution in [2.45, 2.75) is 9.92 Å². The van der Waals surface area contributed by atoms with E-state index in [1.165, 1.54) is 11.8 Å². The van der Waals surface area contributed by atoms with Gasteiger partial charge in [0.05, 0.1) is 0 Å². The van der Waals surface area contributed by atoms with E-state index in [2.05, 4.69) is 11.2 Å². The molecule has 2 rings (SSSR count). The molecular weight excluding hydrogens is 170 g/mol. The Morgan fingerprint density at radius 3 is 3.00 bits per heavy atom. The van der Waals surface area contributed by atoms with Crippen LogP contribution in [0.2, 0.25) is 0 Å². The Balaban J connectivity index is 2.15. The van der Waals surface area contributed by atoms with Crippen LogP contribution in [-0.2, 0) is 0 Å². The van der Waals surface area contributed by atoms with Gasteiger partial charge in [0.2, 0.25) is 0 Å². The molecule has 1 aromatic carbocycles. The molecule has 0 bridgehead atoms. The van der Waals surface area contributed by atoms with Crippen molar-refractivity contribution in [1.29, 1.82) is 0 Å². The van der Waals surface area contributed by atoms with Crippen LogP contribution in [-0.4, -0.2) is 5.16 Å². The lowest BCUT2D eigenvalue weighted by atomic mass is 10.4. The van der Waals surface area contributed by atoms with Gasteiger partial charge in [0.15, 0.2) is 0 Å². The third-order valence-corrected chi connectivity index (χ3v) is 2.20. The van der Waals surface area contributed by atoms with Crippen molar-refractivity contribution < 1.29 is 4.52 Å². The highest BCUT2D eigenvalue weighted by Gasteiger charge is 1.98. The number of rotatable bonds is 2. The quantitative estimate of drug-likeness (QED) is 0.703. The molecule has 1 aromatic heterocycles. The zero-order chi connectivity index (χ0) is 8.23. The highest BCUT2D eigenvalue weighted by Crippen LogP contribution is 2.24. The first kappa shape index (κ1) is 7.43. The highest BCUT2D eigenvalue weighted by molar-refractivity contribution is 7.99. The Morgan fingerprint density at radius 1 is 1.33 bits per heavy atom. The lowest BCUT2D eigenvalue weighted by molar-refractivity contribution is 0.404. The second-order valence-electron chi connectivity index (χ2n) is 2.17. The molecule has 0 fully saturated rings. The maximum atomic E-state index is 4.70. The predicted octanol–water partition coefficient (Wildman–Crippen LogP) is 2.63. The van der Waals surface area contributed by atoms with Crippen molar-refractivity contribution >= 4 is 11.8 Å². The topological polar surface area (TPSA) is 26.0 Å². The molecule has 0 saturated carbocycles. The lowest BCUT2D eigenvalue weighted by Crippen LogP contribution is -1.70. The standard InChI is InChI=1S/C9H6NOS/c1-2-4-8(5-3-1)12-9-6-7-11-10-9/h1-4,6-7H. The second kappa shape index (κ2) is 3.45. The van der Waals surface area contributed by atoms with Crippen LogP contribution in [0.1, 0.15) is 0 Å². The van der Waals surface area contributed by atoms with Crippen molar-refractivity contribution in [2.24, 2.45) is 0 Å². The molecule has 12 heavy (non-hydrogen) atoms. The van der Waals surface area contributed by atoms with Crippen molar-refractivity contribution in [3.8, 4) is 0 Å². The third-order valence-electron chi connectivity index (χ3n) is 1.31. The zero-order valence-corrected chi connectivity index (χ0v) is 7.04. The van der Waals surface area contributed by atoms with Crippen molar-refractivity contribution in [2.75, 3.05) is 0 Å². The van der Waals surface area contributed by atoms with E-state index >= 15 is 0 Å². The average molecular weight is 176 g/mol. The summed E-state index contributed by atoms with van der Waals surface area (Å²) in [6, 6.07) is 12.7. The van der Waals surface area contributed by atoms with Gasteiger partial charge in [-0.05, 0) is 12.1 Å². The fraction of sp³-hybridized carbons (Fsp3) is 0. The first-order valence-electron chi connectivity index (χ1n) is 3.50. The Labute approximate surface area is 74.6 Å². The molecule has 2 aromatic rings. The van der Waals surface area contributed by atoms with E-state index in [1.807, 2.05) is 30.3 Å². The van der Waals surface area contributed by atoms with Crippen LogP contribution in [0.25, 0.3) is 0 Å². The van der Waals surface area contributed by atoms with Crippen molar-refractivity contribution in [3.05, 3.63) is 42.7 Å². The summed E-state index contributed by atoms with van der Waals surface area (Å²) in [6.07, 6.45) is 1.56. The second-order valence-corrected chi connectivity index (χ2v) is 3.23. The van der Waals surface area contributed by atoms with Gasteiger partial charge in [0.25, 0.3) is 0 Å². The molecule has 0 saturated heterocycles. The minimum absolute atomic E-state index is 0.859. The molecule has 0 amide bonds. The van der Waals surface area contributed by atoms with Crippen LogP contribution >= 0.6 is 11.8 Å². The molecule has 0 aliphatic heterocycles. The Morgan fingerprint density at radius 2 is 2.33 bits per heavy atom. The first-order valence-corrected chi connectivity index (χ1v) is 4.32. The van der Waals surface area contributed by atoms with Gasteiger partial charge < -0.3 is 4.52 Å². The van der Waals surface area contributed by atoms with Gasteiger partial charge >= 0.3 is 0 Å². The van der Waals surface area contributed by atoms with Gasteiger partial charge in [-0.2, -0.15) is 0 Å². The molecule has 2 nitrogen and oxygen atoms in total. The average Bonchev–Trinajstić information content (AvgIpc) is 2.59. The number of hydrogen-bond donors (Lipinski definition) is 0. The molecule has 0 N–H and O–H groups in total. The van der Waals surface area contributed by atoms with Crippen LogP contribution in [0.3, 0.4) is 0 Å². The first-order chi connectivity index (χ1) is 5.95. The maximum Gasteiger partial charge on any atom is 0.144 e. The maximum absolute atomic E-state index is 4.70. The number of aromatic nitrogens is 1. The van der Waals surface area contributed by atoms with Crippen LogP contribution in [0, 0.1) is 6.07 Å². The summed E-state index contributed by atoms with van der Waals surface area (Å²) in [5.41, 5.74) is 0. The van der Waals surface area contributed by atoms with E-state index < -0.39 is 0 Å². The van der Waals surface area contributed by atoms with E-state index in [1.54, 1.807) is 6.26 Å². The van der Waals surface area contributed by atoms with Crippen LogP contribution < -0.4 is 0 Å². The number of benzene rings is 1. The van der Waals surface area contributed by atoms with E-state index in [0.29, 0.717) is 0 Å². The summed E-state index contributed by atoms with van der Waals surface area (Å²) < 4.78 is 4.70. The summed E-state index contributed by atoms with van der Waals surface area (Å²) in [6.45, 7) is 0. The summed E-state index contributed by atoms with van der Waals surface area (Å²) in [5, 5.41) is 4.64. The minimum atomic E-state index is 0.859. The number of hydrogen-bond acceptors (Lipinski definition) is 3. The zero-order valence-electron chi connectivity index (χ0n) is 6.23.